The van der Waals surface area contributed by atoms with E-state index in [0.717, 1.165) is 29.3 Å². The van der Waals surface area contributed by atoms with E-state index in [-0.39, 0.29) is 0 Å². The Labute approximate surface area is 127 Å². The lowest BCUT2D eigenvalue weighted by Gasteiger charge is -2.15. The monoisotopic (exact) mass is 284 g/mol. The molecular weight excluding hydrogens is 260 g/mol. The molecule has 0 radical (unpaired) electrons. The second-order valence-corrected chi connectivity index (χ2v) is 5.77. The Kier molecular flexibility index (Phi) is 4.97. The van der Waals surface area contributed by atoms with Crippen LogP contribution in [0.5, 0.6) is 11.5 Å². The van der Waals surface area contributed by atoms with Crippen molar-refractivity contribution in [3.8, 4) is 11.5 Å². The van der Waals surface area contributed by atoms with Crippen LogP contribution in [-0.2, 0) is 6.54 Å². The molecule has 0 atom stereocenters. The summed E-state index contributed by atoms with van der Waals surface area (Å²) in [6.07, 6.45) is 1.89. The van der Waals surface area contributed by atoms with Gasteiger partial charge in [0.05, 0.1) is 0 Å². The largest absolute Gasteiger partial charge is 0.457 e. The molecule has 2 aromatic rings. The number of ether oxygens (including phenoxy) is 1. The minimum atomic E-state index is 0.430. The Morgan fingerprint density at radius 2 is 1.90 bits per heavy atom. The molecule has 1 N–H and O–H groups in total. The first-order chi connectivity index (χ1) is 9.97. The van der Waals surface area contributed by atoms with Crippen molar-refractivity contribution in [2.24, 2.45) is 0 Å². The smallest absolute Gasteiger partial charge is 0.135 e. The number of hydrogen-bond acceptors (Lipinski definition) is 3. The zero-order valence-electron chi connectivity index (χ0n) is 13.5. The highest BCUT2D eigenvalue weighted by atomic mass is 16.5. The molecule has 1 aromatic carbocycles. The van der Waals surface area contributed by atoms with E-state index in [4.69, 9.17) is 4.74 Å². The third kappa shape index (κ3) is 4.05. The van der Waals surface area contributed by atoms with Crippen molar-refractivity contribution in [1.29, 1.82) is 0 Å². The highest BCUT2D eigenvalue weighted by molar-refractivity contribution is 5.43. The van der Waals surface area contributed by atoms with E-state index in [2.05, 4.69) is 44.1 Å². The van der Waals surface area contributed by atoms with E-state index >= 15 is 0 Å². The predicted molar refractivity (Wildman–Crippen MR) is 86.9 cm³/mol. The maximum absolute atomic E-state index is 6.15. The summed E-state index contributed by atoms with van der Waals surface area (Å²) in [5.74, 6) is 1.79. The van der Waals surface area contributed by atoms with Crippen LogP contribution in [-0.4, -0.2) is 11.0 Å². The summed E-state index contributed by atoms with van der Waals surface area (Å²) < 4.78 is 6.15. The van der Waals surface area contributed by atoms with Gasteiger partial charge in [0.1, 0.15) is 11.5 Å². The average molecular weight is 284 g/mol. The van der Waals surface area contributed by atoms with Crippen LogP contribution in [0.3, 0.4) is 0 Å². The van der Waals surface area contributed by atoms with Crippen LogP contribution < -0.4 is 10.1 Å². The molecule has 112 valence electrons. The van der Waals surface area contributed by atoms with Crippen LogP contribution in [0.4, 0.5) is 0 Å². The third-order valence-electron chi connectivity index (χ3n) is 3.56. The third-order valence-corrected chi connectivity index (χ3v) is 3.56. The number of nitrogens with zero attached hydrogens (tertiary/aromatic N) is 1. The lowest BCUT2D eigenvalue weighted by atomic mass is 10.1. The Balaban J connectivity index is 2.29. The molecule has 2 rings (SSSR count). The van der Waals surface area contributed by atoms with E-state index in [1.807, 2.05) is 31.3 Å². The van der Waals surface area contributed by atoms with Crippen molar-refractivity contribution in [3.05, 3.63) is 52.8 Å². The van der Waals surface area contributed by atoms with Gasteiger partial charge < -0.3 is 10.1 Å². The van der Waals surface area contributed by atoms with E-state index in [0.29, 0.717) is 6.04 Å². The highest BCUT2D eigenvalue weighted by Crippen LogP contribution is 2.29. The summed E-state index contributed by atoms with van der Waals surface area (Å²) in [6.45, 7) is 11.2. The fourth-order valence-electron chi connectivity index (χ4n) is 2.06. The maximum Gasteiger partial charge on any atom is 0.135 e. The van der Waals surface area contributed by atoms with Gasteiger partial charge in [-0.05, 0) is 38.0 Å². The van der Waals surface area contributed by atoms with E-state index in [9.17, 15) is 0 Å². The van der Waals surface area contributed by atoms with E-state index in [1.165, 1.54) is 11.1 Å². The van der Waals surface area contributed by atoms with Crippen LogP contribution in [0.2, 0.25) is 0 Å². The first-order valence-electron chi connectivity index (χ1n) is 7.40. The Morgan fingerprint density at radius 3 is 2.62 bits per heavy atom. The Bertz CT molecular complexity index is 621. The fraction of sp³-hybridized carbons (Fsp3) is 0.389. The first kappa shape index (κ1) is 15.5. The topological polar surface area (TPSA) is 34.1 Å². The number of rotatable bonds is 5. The molecule has 0 fully saturated rings. The maximum atomic E-state index is 6.15. The summed E-state index contributed by atoms with van der Waals surface area (Å²) in [4.78, 5) is 4.38. The lowest BCUT2D eigenvalue weighted by molar-refractivity contribution is 0.464. The van der Waals surface area contributed by atoms with Gasteiger partial charge in [-0.15, -0.1) is 0 Å². The summed E-state index contributed by atoms with van der Waals surface area (Å²) >= 11 is 0. The van der Waals surface area contributed by atoms with Crippen molar-refractivity contribution in [3.63, 3.8) is 0 Å². The van der Waals surface area contributed by atoms with Crippen LogP contribution >= 0.6 is 0 Å². The van der Waals surface area contributed by atoms with Crippen LogP contribution in [0, 0.1) is 20.8 Å². The molecule has 0 aliphatic carbocycles. The number of hydrogen-bond donors (Lipinski definition) is 1. The highest BCUT2D eigenvalue weighted by Gasteiger charge is 2.09. The van der Waals surface area contributed by atoms with Crippen molar-refractivity contribution < 1.29 is 4.74 Å². The SMILES string of the molecule is Cc1cc(Oc2cccc(C)c2C)c(CNC(C)C)cn1. The Morgan fingerprint density at radius 1 is 1.14 bits per heavy atom. The summed E-state index contributed by atoms with van der Waals surface area (Å²) in [6, 6.07) is 8.57. The van der Waals surface area contributed by atoms with Gasteiger partial charge in [-0.1, -0.05) is 26.0 Å². The fourth-order valence-corrected chi connectivity index (χ4v) is 2.06. The summed E-state index contributed by atoms with van der Waals surface area (Å²) in [5.41, 5.74) is 4.45. The van der Waals surface area contributed by atoms with E-state index < -0.39 is 0 Å². The lowest BCUT2D eigenvalue weighted by Crippen LogP contribution is -2.22. The van der Waals surface area contributed by atoms with Crippen molar-refractivity contribution in [1.82, 2.24) is 10.3 Å². The summed E-state index contributed by atoms with van der Waals surface area (Å²) in [5, 5.41) is 3.41. The van der Waals surface area contributed by atoms with Gasteiger partial charge in [-0.3, -0.25) is 4.98 Å². The van der Waals surface area contributed by atoms with Gasteiger partial charge in [-0.25, -0.2) is 0 Å². The van der Waals surface area contributed by atoms with Crippen LogP contribution in [0.15, 0.2) is 30.5 Å². The number of nitrogens with one attached hydrogen (secondary N) is 1. The molecule has 0 bridgehead atoms. The first-order valence-corrected chi connectivity index (χ1v) is 7.40. The Hall–Kier alpha value is -1.87. The normalized spacial score (nSPS) is 11.0. The van der Waals surface area contributed by atoms with Gasteiger partial charge in [0.2, 0.25) is 0 Å². The molecule has 0 aliphatic rings. The summed E-state index contributed by atoms with van der Waals surface area (Å²) in [7, 11) is 0. The minimum absolute atomic E-state index is 0.430. The molecular formula is C18H24N2O. The molecule has 1 heterocycles. The van der Waals surface area contributed by atoms with E-state index in [1.54, 1.807) is 0 Å². The number of aromatic nitrogens is 1. The molecule has 0 amide bonds. The molecule has 3 heteroatoms. The van der Waals surface area contributed by atoms with Gasteiger partial charge in [0.25, 0.3) is 0 Å². The average Bonchev–Trinajstić information content (AvgIpc) is 2.43. The molecule has 0 unspecified atom stereocenters. The van der Waals surface area contributed by atoms with Crippen LogP contribution in [0.1, 0.15) is 36.2 Å². The van der Waals surface area contributed by atoms with Gasteiger partial charge in [0, 0.05) is 36.1 Å². The second-order valence-electron chi connectivity index (χ2n) is 5.77. The quantitative estimate of drug-likeness (QED) is 0.889. The molecule has 0 spiro atoms. The molecule has 21 heavy (non-hydrogen) atoms. The number of benzene rings is 1. The number of pyridine rings is 1. The van der Waals surface area contributed by atoms with Gasteiger partial charge >= 0.3 is 0 Å². The van der Waals surface area contributed by atoms with Crippen LogP contribution in [0.25, 0.3) is 0 Å². The zero-order chi connectivity index (χ0) is 15.4. The van der Waals surface area contributed by atoms with Gasteiger partial charge in [-0.2, -0.15) is 0 Å². The number of aryl methyl sites for hydroxylation is 2. The standard InChI is InChI=1S/C18H24N2O/c1-12(2)19-10-16-11-20-14(4)9-18(16)21-17-8-6-7-13(3)15(17)5/h6-9,11-12,19H,10H2,1-5H3. The molecule has 3 nitrogen and oxygen atoms in total. The zero-order valence-corrected chi connectivity index (χ0v) is 13.5. The second kappa shape index (κ2) is 6.72. The predicted octanol–water partition coefficient (Wildman–Crippen LogP) is 4.30. The minimum Gasteiger partial charge on any atom is -0.457 e. The molecule has 0 saturated heterocycles. The molecule has 1 aromatic heterocycles. The molecule has 0 aliphatic heterocycles. The van der Waals surface area contributed by atoms with Gasteiger partial charge in [0.15, 0.2) is 0 Å². The molecule has 0 saturated carbocycles. The van der Waals surface area contributed by atoms with Crippen molar-refractivity contribution in [2.75, 3.05) is 0 Å². The van der Waals surface area contributed by atoms with Crippen molar-refractivity contribution >= 4 is 0 Å². The van der Waals surface area contributed by atoms with Crippen molar-refractivity contribution in [2.45, 2.75) is 47.2 Å².